The van der Waals surface area contributed by atoms with E-state index in [0.29, 0.717) is 18.8 Å². The Morgan fingerprint density at radius 1 is 1.23 bits per heavy atom. The highest BCUT2D eigenvalue weighted by Gasteiger charge is 2.33. The van der Waals surface area contributed by atoms with Crippen LogP contribution in [0.2, 0.25) is 0 Å². The molecule has 0 aliphatic heterocycles. The monoisotopic (exact) mass is 366 g/mol. The fraction of sp³-hybridized carbons (Fsp3) is 0.444. The van der Waals surface area contributed by atoms with Crippen LogP contribution in [0.1, 0.15) is 30.5 Å². The van der Waals surface area contributed by atoms with Gasteiger partial charge in [-0.25, -0.2) is 4.68 Å². The van der Waals surface area contributed by atoms with E-state index in [2.05, 4.69) is 10.4 Å². The standard InChI is InChI=1S/C18H21F3N4O/c19-18(20,21)16-8-9-25(24-16)14-6-4-12(5-7-14)11-23-17(26)15-3-1-2-13(15)10-22/h4-9,13,15H,1-3,10-11,22H2,(H,23,26)/t13-,15-/m1/s1. The summed E-state index contributed by atoms with van der Waals surface area (Å²) in [5.74, 6) is 0.244. The summed E-state index contributed by atoms with van der Waals surface area (Å²) >= 11 is 0. The first kappa shape index (κ1) is 18.4. The van der Waals surface area contributed by atoms with Gasteiger partial charge in [0, 0.05) is 18.7 Å². The Labute approximate surface area is 149 Å². The summed E-state index contributed by atoms with van der Waals surface area (Å²) in [6, 6.07) is 7.81. The van der Waals surface area contributed by atoms with Gasteiger partial charge in [0.2, 0.25) is 5.91 Å². The van der Waals surface area contributed by atoms with Crippen molar-refractivity contribution >= 4 is 5.91 Å². The lowest BCUT2D eigenvalue weighted by Gasteiger charge is -2.17. The highest BCUT2D eigenvalue weighted by Crippen LogP contribution is 2.31. The number of benzene rings is 1. The van der Waals surface area contributed by atoms with E-state index in [4.69, 9.17) is 5.73 Å². The van der Waals surface area contributed by atoms with Gasteiger partial charge in [-0.1, -0.05) is 18.6 Å². The van der Waals surface area contributed by atoms with E-state index in [0.717, 1.165) is 30.9 Å². The number of halogens is 3. The van der Waals surface area contributed by atoms with Crippen molar-refractivity contribution in [3.05, 3.63) is 47.8 Å². The van der Waals surface area contributed by atoms with E-state index >= 15 is 0 Å². The first-order chi connectivity index (χ1) is 12.4. The van der Waals surface area contributed by atoms with E-state index < -0.39 is 11.9 Å². The fourth-order valence-electron chi connectivity index (χ4n) is 3.37. The number of nitrogens with one attached hydrogen (secondary N) is 1. The van der Waals surface area contributed by atoms with Crippen LogP contribution in [0.25, 0.3) is 5.69 Å². The molecule has 0 radical (unpaired) electrons. The van der Waals surface area contributed by atoms with E-state index in [9.17, 15) is 18.0 Å². The average molecular weight is 366 g/mol. The van der Waals surface area contributed by atoms with Crippen molar-refractivity contribution in [1.29, 1.82) is 0 Å². The zero-order valence-corrected chi connectivity index (χ0v) is 14.2. The predicted octanol–water partition coefficient (Wildman–Crippen LogP) is 2.88. The van der Waals surface area contributed by atoms with Gasteiger partial charge in [-0.2, -0.15) is 18.3 Å². The molecule has 0 saturated heterocycles. The Bertz CT molecular complexity index is 755. The van der Waals surface area contributed by atoms with Crippen molar-refractivity contribution in [1.82, 2.24) is 15.1 Å². The molecule has 3 rings (SSSR count). The molecule has 26 heavy (non-hydrogen) atoms. The second-order valence-electron chi connectivity index (χ2n) is 6.56. The number of aromatic nitrogens is 2. The average Bonchev–Trinajstić information content (AvgIpc) is 3.28. The minimum atomic E-state index is -4.46. The molecule has 140 valence electrons. The molecule has 0 spiro atoms. The smallest absolute Gasteiger partial charge is 0.352 e. The van der Waals surface area contributed by atoms with Gasteiger partial charge in [0.15, 0.2) is 5.69 Å². The van der Waals surface area contributed by atoms with E-state index in [-0.39, 0.29) is 17.7 Å². The topological polar surface area (TPSA) is 72.9 Å². The van der Waals surface area contributed by atoms with Crippen LogP contribution >= 0.6 is 0 Å². The molecule has 8 heteroatoms. The maximum Gasteiger partial charge on any atom is 0.435 e. The van der Waals surface area contributed by atoms with Crippen molar-refractivity contribution in [2.45, 2.75) is 32.0 Å². The lowest BCUT2D eigenvalue weighted by Crippen LogP contribution is -2.34. The molecule has 0 bridgehead atoms. The SMILES string of the molecule is NC[C@H]1CCC[C@H]1C(=O)NCc1ccc(-n2ccc(C(F)(F)F)n2)cc1. The van der Waals surface area contributed by atoms with Crippen molar-refractivity contribution < 1.29 is 18.0 Å². The number of carbonyl (C=O) groups excluding carboxylic acids is 1. The molecule has 2 aromatic rings. The number of nitrogens with two attached hydrogens (primary N) is 1. The van der Waals surface area contributed by atoms with Gasteiger partial charge in [-0.3, -0.25) is 4.79 Å². The quantitative estimate of drug-likeness (QED) is 0.855. The van der Waals surface area contributed by atoms with Crippen LogP contribution in [0.5, 0.6) is 0 Å². The molecule has 1 aromatic heterocycles. The molecular weight excluding hydrogens is 345 g/mol. The number of hydrogen-bond acceptors (Lipinski definition) is 3. The molecule has 3 N–H and O–H groups in total. The number of hydrogen-bond donors (Lipinski definition) is 2. The molecule has 1 aliphatic rings. The van der Waals surface area contributed by atoms with Crippen LogP contribution < -0.4 is 11.1 Å². The summed E-state index contributed by atoms with van der Waals surface area (Å²) in [5.41, 5.74) is 6.17. The Kier molecular flexibility index (Phi) is 5.31. The van der Waals surface area contributed by atoms with Crippen molar-refractivity contribution in [3.63, 3.8) is 0 Å². The van der Waals surface area contributed by atoms with Crippen LogP contribution in [0.15, 0.2) is 36.5 Å². The highest BCUT2D eigenvalue weighted by molar-refractivity contribution is 5.79. The van der Waals surface area contributed by atoms with Crippen molar-refractivity contribution in [3.8, 4) is 5.69 Å². The third-order valence-electron chi connectivity index (χ3n) is 4.85. The summed E-state index contributed by atoms with van der Waals surface area (Å²) in [5, 5.41) is 6.46. The Morgan fingerprint density at radius 2 is 1.96 bits per heavy atom. The van der Waals surface area contributed by atoms with Crippen LogP contribution in [0.4, 0.5) is 13.2 Å². The van der Waals surface area contributed by atoms with Gasteiger partial charge >= 0.3 is 6.18 Å². The number of nitrogens with zero attached hydrogens (tertiary/aromatic N) is 2. The normalized spacial score (nSPS) is 20.3. The maximum absolute atomic E-state index is 12.6. The second-order valence-corrected chi connectivity index (χ2v) is 6.56. The summed E-state index contributed by atoms with van der Waals surface area (Å²) < 4.78 is 39.0. The number of rotatable bonds is 5. The third-order valence-corrected chi connectivity index (χ3v) is 4.85. The molecule has 1 aromatic carbocycles. The van der Waals surface area contributed by atoms with Gasteiger partial charge in [0.05, 0.1) is 5.69 Å². The summed E-state index contributed by atoms with van der Waals surface area (Å²) in [4.78, 5) is 12.3. The van der Waals surface area contributed by atoms with Gasteiger partial charge < -0.3 is 11.1 Å². The molecule has 1 fully saturated rings. The molecule has 0 unspecified atom stereocenters. The summed E-state index contributed by atoms with van der Waals surface area (Å²) in [7, 11) is 0. The van der Waals surface area contributed by atoms with Crippen LogP contribution in [-0.4, -0.2) is 22.2 Å². The van der Waals surface area contributed by atoms with Crippen LogP contribution in [0, 0.1) is 11.8 Å². The van der Waals surface area contributed by atoms with E-state index in [1.165, 1.54) is 10.9 Å². The zero-order chi connectivity index (χ0) is 18.7. The third kappa shape index (κ3) is 4.07. The fourth-order valence-corrected chi connectivity index (χ4v) is 3.37. The van der Waals surface area contributed by atoms with E-state index in [1.807, 2.05) is 0 Å². The van der Waals surface area contributed by atoms with Gasteiger partial charge in [0.1, 0.15) is 0 Å². The maximum atomic E-state index is 12.6. The largest absolute Gasteiger partial charge is 0.435 e. The van der Waals surface area contributed by atoms with Gasteiger partial charge in [0.25, 0.3) is 0 Å². The van der Waals surface area contributed by atoms with E-state index in [1.54, 1.807) is 24.3 Å². The lowest BCUT2D eigenvalue weighted by molar-refractivity contribution is -0.141. The van der Waals surface area contributed by atoms with Crippen LogP contribution in [0.3, 0.4) is 0 Å². The molecular formula is C18H21F3N4O. The zero-order valence-electron chi connectivity index (χ0n) is 14.2. The molecule has 1 amide bonds. The Balaban J connectivity index is 1.59. The number of carbonyl (C=O) groups is 1. The second kappa shape index (κ2) is 7.49. The Hall–Kier alpha value is -2.35. The first-order valence-electron chi connectivity index (χ1n) is 8.58. The van der Waals surface area contributed by atoms with Gasteiger partial charge in [-0.15, -0.1) is 0 Å². The molecule has 5 nitrogen and oxygen atoms in total. The first-order valence-corrected chi connectivity index (χ1v) is 8.58. The number of alkyl halides is 3. The highest BCUT2D eigenvalue weighted by atomic mass is 19.4. The number of amides is 1. The Morgan fingerprint density at radius 3 is 2.58 bits per heavy atom. The van der Waals surface area contributed by atoms with Crippen molar-refractivity contribution in [2.75, 3.05) is 6.54 Å². The molecule has 1 saturated carbocycles. The summed E-state index contributed by atoms with van der Waals surface area (Å²) in [6.45, 7) is 0.899. The van der Waals surface area contributed by atoms with Gasteiger partial charge in [-0.05, 0) is 49.1 Å². The minimum Gasteiger partial charge on any atom is -0.352 e. The molecule has 1 heterocycles. The minimum absolute atomic E-state index is 0.0175. The lowest BCUT2D eigenvalue weighted by atomic mass is 9.95. The summed E-state index contributed by atoms with van der Waals surface area (Å²) in [6.07, 6.45) is -0.303. The molecule has 1 aliphatic carbocycles. The molecule has 2 atom stereocenters. The van der Waals surface area contributed by atoms with Crippen LogP contribution in [-0.2, 0) is 17.5 Å². The van der Waals surface area contributed by atoms with Crippen molar-refractivity contribution in [2.24, 2.45) is 17.6 Å². The predicted molar refractivity (Wildman–Crippen MR) is 90.3 cm³/mol.